The van der Waals surface area contributed by atoms with E-state index in [1.54, 1.807) is 11.8 Å². The summed E-state index contributed by atoms with van der Waals surface area (Å²) < 4.78 is 2.16. The molecule has 0 aliphatic heterocycles. The zero-order valence-electron chi connectivity index (χ0n) is 15.7. The Morgan fingerprint density at radius 1 is 1.23 bits per heavy atom. The Hall–Kier alpha value is -2.21. The highest BCUT2D eigenvalue weighted by Gasteiger charge is 2.17. The Morgan fingerprint density at radius 3 is 2.58 bits per heavy atom. The molecular formula is C20H26N2O3S. The molecule has 0 fully saturated rings. The number of thioether (sulfide) groups is 1. The van der Waals surface area contributed by atoms with E-state index in [1.807, 2.05) is 44.2 Å². The number of carbonyl (C=O) groups is 2. The Balaban J connectivity index is 2.04. The SMILES string of the molecule is Cc1cc(C(=O)Nc2cccc(CSCCC(=O)O)c2)c(C)n1C(C)C. The van der Waals surface area contributed by atoms with Crippen LogP contribution < -0.4 is 5.32 Å². The molecule has 1 aromatic heterocycles. The van der Waals surface area contributed by atoms with E-state index in [0.29, 0.717) is 17.4 Å². The molecule has 0 saturated carbocycles. The molecule has 2 aromatic rings. The van der Waals surface area contributed by atoms with Crippen molar-refractivity contribution in [2.45, 2.75) is 45.9 Å². The van der Waals surface area contributed by atoms with Gasteiger partial charge in [0, 0.05) is 34.6 Å². The summed E-state index contributed by atoms with van der Waals surface area (Å²) in [7, 11) is 0. The van der Waals surface area contributed by atoms with Crippen molar-refractivity contribution in [2.75, 3.05) is 11.1 Å². The Kier molecular flexibility index (Phi) is 6.91. The van der Waals surface area contributed by atoms with Crippen molar-refractivity contribution in [1.29, 1.82) is 0 Å². The lowest BCUT2D eigenvalue weighted by Crippen LogP contribution is -2.14. The second-order valence-corrected chi connectivity index (χ2v) is 7.70. The fraction of sp³-hybridized carbons (Fsp3) is 0.400. The minimum Gasteiger partial charge on any atom is -0.481 e. The van der Waals surface area contributed by atoms with E-state index in [2.05, 4.69) is 23.7 Å². The lowest BCUT2D eigenvalue weighted by atomic mass is 10.2. The number of hydrogen-bond donors (Lipinski definition) is 2. The zero-order valence-corrected chi connectivity index (χ0v) is 16.5. The first-order valence-electron chi connectivity index (χ1n) is 8.68. The van der Waals surface area contributed by atoms with Crippen LogP contribution in [-0.2, 0) is 10.5 Å². The Bertz CT molecular complexity index is 796. The third-order valence-corrected chi connectivity index (χ3v) is 5.19. The first-order valence-corrected chi connectivity index (χ1v) is 9.83. The van der Waals surface area contributed by atoms with Gasteiger partial charge >= 0.3 is 5.97 Å². The second-order valence-electron chi connectivity index (χ2n) is 6.60. The fourth-order valence-electron chi connectivity index (χ4n) is 3.09. The number of aryl methyl sites for hydroxylation is 1. The summed E-state index contributed by atoms with van der Waals surface area (Å²) in [6.07, 6.45) is 0.159. The number of nitrogens with zero attached hydrogens (tertiary/aromatic N) is 1. The number of rotatable bonds is 8. The van der Waals surface area contributed by atoms with Gasteiger partial charge in [-0.15, -0.1) is 0 Å². The minimum atomic E-state index is -0.780. The molecule has 0 bridgehead atoms. The molecule has 5 nitrogen and oxygen atoms in total. The summed E-state index contributed by atoms with van der Waals surface area (Å²) in [5.41, 5.74) is 4.55. The van der Waals surface area contributed by atoms with Gasteiger partial charge in [0.15, 0.2) is 0 Å². The lowest BCUT2D eigenvalue weighted by molar-refractivity contribution is -0.136. The van der Waals surface area contributed by atoms with Gasteiger partial charge in [-0.1, -0.05) is 12.1 Å². The maximum atomic E-state index is 12.7. The van der Waals surface area contributed by atoms with Crippen molar-refractivity contribution >= 4 is 29.3 Å². The Morgan fingerprint density at radius 2 is 1.96 bits per heavy atom. The molecule has 0 atom stereocenters. The maximum Gasteiger partial charge on any atom is 0.304 e. The molecule has 1 amide bonds. The van der Waals surface area contributed by atoms with Crippen molar-refractivity contribution in [2.24, 2.45) is 0 Å². The van der Waals surface area contributed by atoms with E-state index in [4.69, 9.17) is 5.11 Å². The zero-order chi connectivity index (χ0) is 19.3. The first-order chi connectivity index (χ1) is 12.3. The molecule has 0 unspecified atom stereocenters. The third kappa shape index (κ3) is 5.14. The van der Waals surface area contributed by atoms with Gasteiger partial charge in [-0.3, -0.25) is 9.59 Å². The van der Waals surface area contributed by atoms with E-state index in [-0.39, 0.29) is 12.3 Å². The second kappa shape index (κ2) is 8.94. The van der Waals surface area contributed by atoms with Gasteiger partial charge in [0.2, 0.25) is 0 Å². The molecule has 1 heterocycles. The number of aromatic nitrogens is 1. The van der Waals surface area contributed by atoms with Crippen LogP contribution in [0.1, 0.15) is 53.6 Å². The van der Waals surface area contributed by atoms with Crippen molar-refractivity contribution in [3.05, 3.63) is 52.8 Å². The van der Waals surface area contributed by atoms with Gasteiger partial charge in [0.05, 0.1) is 12.0 Å². The highest BCUT2D eigenvalue weighted by molar-refractivity contribution is 7.98. The molecule has 26 heavy (non-hydrogen) atoms. The van der Waals surface area contributed by atoms with Crippen LogP contribution in [0.5, 0.6) is 0 Å². The molecule has 0 saturated heterocycles. The average Bonchev–Trinajstić information content (AvgIpc) is 2.86. The normalized spacial score (nSPS) is 11.0. The standard InChI is InChI=1S/C20H26N2O3S/c1-13(2)22-14(3)10-18(15(22)4)20(25)21-17-7-5-6-16(11-17)12-26-9-8-19(23)24/h5-7,10-11,13H,8-9,12H2,1-4H3,(H,21,25)(H,23,24). The van der Waals surface area contributed by atoms with Crippen LogP contribution in [0.4, 0.5) is 5.69 Å². The van der Waals surface area contributed by atoms with E-state index in [1.165, 1.54) is 0 Å². The number of aliphatic carboxylic acids is 1. The summed E-state index contributed by atoms with van der Waals surface area (Å²) in [4.78, 5) is 23.2. The monoisotopic (exact) mass is 374 g/mol. The number of carboxylic acids is 1. The summed E-state index contributed by atoms with van der Waals surface area (Å²) in [5, 5.41) is 11.6. The molecule has 6 heteroatoms. The van der Waals surface area contributed by atoms with Crippen molar-refractivity contribution in [1.82, 2.24) is 4.57 Å². The van der Waals surface area contributed by atoms with Crippen LogP contribution in [0.25, 0.3) is 0 Å². The number of carbonyl (C=O) groups excluding carboxylic acids is 1. The summed E-state index contributed by atoms with van der Waals surface area (Å²) in [6, 6.07) is 9.92. The average molecular weight is 375 g/mol. The number of hydrogen-bond acceptors (Lipinski definition) is 3. The van der Waals surface area contributed by atoms with Gasteiger partial charge < -0.3 is 15.0 Å². The maximum absolute atomic E-state index is 12.7. The van der Waals surface area contributed by atoms with E-state index in [9.17, 15) is 9.59 Å². The highest BCUT2D eigenvalue weighted by Crippen LogP contribution is 2.22. The molecule has 2 N–H and O–H groups in total. The number of benzene rings is 1. The number of anilines is 1. The predicted molar refractivity (Wildman–Crippen MR) is 107 cm³/mol. The van der Waals surface area contributed by atoms with Crippen LogP contribution in [0.3, 0.4) is 0 Å². The Labute approximate surface area is 158 Å². The van der Waals surface area contributed by atoms with Crippen molar-refractivity contribution < 1.29 is 14.7 Å². The van der Waals surface area contributed by atoms with Crippen molar-refractivity contribution in [3.8, 4) is 0 Å². The predicted octanol–water partition coefficient (Wildman–Crippen LogP) is 4.65. The van der Waals surface area contributed by atoms with Crippen LogP contribution >= 0.6 is 11.8 Å². The summed E-state index contributed by atoms with van der Waals surface area (Å²) in [5.74, 6) is 0.407. The molecule has 1 aromatic carbocycles. The third-order valence-electron chi connectivity index (χ3n) is 4.16. The highest BCUT2D eigenvalue weighted by atomic mass is 32.2. The van der Waals surface area contributed by atoms with Crippen LogP contribution in [0, 0.1) is 13.8 Å². The van der Waals surface area contributed by atoms with E-state index < -0.39 is 5.97 Å². The fourth-order valence-corrected chi connectivity index (χ4v) is 3.97. The topological polar surface area (TPSA) is 71.3 Å². The van der Waals surface area contributed by atoms with E-state index in [0.717, 1.165) is 28.4 Å². The molecule has 0 spiro atoms. The van der Waals surface area contributed by atoms with Crippen LogP contribution in [0.2, 0.25) is 0 Å². The van der Waals surface area contributed by atoms with Crippen LogP contribution in [-0.4, -0.2) is 27.3 Å². The van der Waals surface area contributed by atoms with Gasteiger partial charge in [-0.25, -0.2) is 0 Å². The smallest absolute Gasteiger partial charge is 0.304 e. The molecule has 0 radical (unpaired) electrons. The molecular weight excluding hydrogens is 348 g/mol. The summed E-state index contributed by atoms with van der Waals surface area (Å²) >= 11 is 1.57. The summed E-state index contributed by atoms with van der Waals surface area (Å²) in [6.45, 7) is 8.19. The molecule has 2 rings (SSSR count). The minimum absolute atomic E-state index is 0.110. The largest absolute Gasteiger partial charge is 0.481 e. The van der Waals surface area contributed by atoms with Gasteiger partial charge in [-0.05, 0) is 51.5 Å². The molecule has 140 valence electrons. The van der Waals surface area contributed by atoms with Gasteiger partial charge in [-0.2, -0.15) is 11.8 Å². The molecule has 0 aliphatic carbocycles. The van der Waals surface area contributed by atoms with Crippen molar-refractivity contribution in [3.63, 3.8) is 0 Å². The lowest BCUT2D eigenvalue weighted by Gasteiger charge is -2.13. The number of carboxylic acid groups (broad SMARTS) is 1. The number of nitrogens with one attached hydrogen (secondary N) is 1. The van der Waals surface area contributed by atoms with E-state index >= 15 is 0 Å². The first kappa shape index (κ1) is 20.1. The molecule has 0 aliphatic rings. The van der Waals surface area contributed by atoms with Gasteiger partial charge in [0.25, 0.3) is 5.91 Å². The quantitative estimate of drug-likeness (QED) is 0.660. The van der Waals surface area contributed by atoms with Gasteiger partial charge in [0.1, 0.15) is 0 Å². The van der Waals surface area contributed by atoms with Crippen LogP contribution in [0.15, 0.2) is 30.3 Å². The number of amides is 1.